The summed E-state index contributed by atoms with van der Waals surface area (Å²) in [7, 11) is 0. The molecule has 0 radical (unpaired) electrons. The zero-order valence-corrected chi connectivity index (χ0v) is 12.3. The van der Waals surface area contributed by atoms with Crippen molar-refractivity contribution in [2.24, 2.45) is 0 Å². The van der Waals surface area contributed by atoms with Crippen LogP contribution in [0.4, 0.5) is 0 Å². The van der Waals surface area contributed by atoms with Crippen LogP contribution < -0.4 is 4.74 Å². The zero-order chi connectivity index (χ0) is 16.9. The smallest absolute Gasteiger partial charge is 0.335 e. The molecule has 0 unspecified atom stereocenters. The van der Waals surface area contributed by atoms with E-state index >= 15 is 0 Å². The largest absolute Gasteiger partial charge is 0.478 e. The molecule has 3 heterocycles. The summed E-state index contributed by atoms with van der Waals surface area (Å²) in [5.41, 5.74) is 2.15. The Labute approximate surface area is 136 Å². The monoisotopic (exact) mass is 321 g/mol. The number of nitrogens with zero attached hydrogens (tertiary/aromatic N) is 3. The fourth-order valence-corrected chi connectivity index (χ4v) is 2.10. The number of aromatic carboxylic acids is 1. The average molecular weight is 321 g/mol. The number of carbonyl (C=O) groups excluding carboxylic acids is 1. The summed E-state index contributed by atoms with van der Waals surface area (Å²) in [6.07, 6.45) is 2.93. The second kappa shape index (κ2) is 6.66. The number of hydrogen-bond acceptors (Lipinski definition) is 6. The summed E-state index contributed by atoms with van der Waals surface area (Å²) >= 11 is 0. The third kappa shape index (κ3) is 3.25. The summed E-state index contributed by atoms with van der Waals surface area (Å²) in [4.78, 5) is 34.3. The summed E-state index contributed by atoms with van der Waals surface area (Å²) in [5, 5.41) is 9.07. The molecule has 1 N–H and O–H groups in total. The fraction of sp³-hybridized carbons (Fsp3) is 0. The minimum absolute atomic E-state index is 0.131. The van der Waals surface area contributed by atoms with Crippen LogP contribution in [0.25, 0.3) is 22.8 Å². The first kappa shape index (κ1) is 15.3. The number of carboxylic acid groups (broad SMARTS) is 1. The van der Waals surface area contributed by atoms with Crippen molar-refractivity contribution in [3.05, 3.63) is 60.4 Å². The van der Waals surface area contributed by atoms with Gasteiger partial charge in [-0.15, -0.1) is 0 Å². The van der Waals surface area contributed by atoms with Gasteiger partial charge < -0.3 is 9.84 Å². The maximum atomic E-state index is 11.1. The van der Waals surface area contributed by atoms with E-state index in [9.17, 15) is 9.59 Å². The summed E-state index contributed by atoms with van der Waals surface area (Å²) in [5.74, 6) is -0.677. The van der Waals surface area contributed by atoms with E-state index in [0.717, 1.165) is 0 Å². The van der Waals surface area contributed by atoms with Crippen LogP contribution in [0.5, 0.6) is 5.75 Å². The first-order valence-corrected chi connectivity index (χ1v) is 6.91. The molecule has 118 valence electrons. The molecule has 0 saturated carbocycles. The number of carboxylic acids is 1. The molecule has 3 aromatic rings. The Hall–Kier alpha value is -3.61. The van der Waals surface area contributed by atoms with E-state index in [1.807, 2.05) is 0 Å². The van der Waals surface area contributed by atoms with Crippen LogP contribution in [0.3, 0.4) is 0 Å². The van der Waals surface area contributed by atoms with Gasteiger partial charge in [-0.1, -0.05) is 6.07 Å². The van der Waals surface area contributed by atoms with Gasteiger partial charge in [0.25, 0.3) is 6.47 Å². The molecule has 0 atom stereocenters. The Morgan fingerprint density at radius 1 is 0.958 bits per heavy atom. The lowest BCUT2D eigenvalue weighted by atomic mass is 10.1. The van der Waals surface area contributed by atoms with E-state index in [2.05, 4.69) is 15.0 Å². The van der Waals surface area contributed by atoms with Crippen molar-refractivity contribution in [1.82, 2.24) is 15.0 Å². The molecule has 0 saturated heterocycles. The van der Waals surface area contributed by atoms with Crippen molar-refractivity contribution in [2.45, 2.75) is 0 Å². The molecule has 0 aliphatic rings. The Morgan fingerprint density at radius 2 is 1.62 bits per heavy atom. The van der Waals surface area contributed by atoms with E-state index in [0.29, 0.717) is 35.0 Å². The molecule has 3 aromatic heterocycles. The van der Waals surface area contributed by atoms with Gasteiger partial charge >= 0.3 is 5.97 Å². The summed E-state index contributed by atoms with van der Waals surface area (Å²) in [6.45, 7) is 0.338. The van der Waals surface area contributed by atoms with Gasteiger partial charge in [-0.2, -0.15) is 0 Å². The molecular weight excluding hydrogens is 310 g/mol. The Balaban J connectivity index is 2.00. The lowest BCUT2D eigenvalue weighted by Crippen LogP contribution is -1.98. The van der Waals surface area contributed by atoms with Gasteiger partial charge in [0.2, 0.25) is 0 Å². The lowest BCUT2D eigenvalue weighted by Gasteiger charge is -2.05. The van der Waals surface area contributed by atoms with Crippen molar-refractivity contribution in [2.75, 3.05) is 0 Å². The number of hydrogen-bond donors (Lipinski definition) is 1. The molecular formula is C17H11N3O4. The van der Waals surface area contributed by atoms with Gasteiger partial charge in [-0.25, -0.2) is 9.78 Å². The number of aromatic nitrogens is 3. The highest BCUT2D eigenvalue weighted by molar-refractivity contribution is 5.88. The molecule has 0 fully saturated rings. The van der Waals surface area contributed by atoms with Crippen LogP contribution in [0.1, 0.15) is 10.4 Å². The lowest BCUT2D eigenvalue weighted by molar-refractivity contribution is -0.120. The van der Waals surface area contributed by atoms with E-state index in [1.165, 1.54) is 24.5 Å². The highest BCUT2D eigenvalue weighted by Gasteiger charge is 2.09. The molecule has 7 nitrogen and oxygen atoms in total. The fourth-order valence-electron chi connectivity index (χ4n) is 2.10. The topological polar surface area (TPSA) is 102 Å². The first-order chi connectivity index (χ1) is 11.7. The van der Waals surface area contributed by atoms with Crippen LogP contribution in [-0.4, -0.2) is 32.5 Å². The first-order valence-electron chi connectivity index (χ1n) is 6.91. The predicted octanol–water partition coefficient (Wildman–Crippen LogP) is 2.44. The molecule has 0 aliphatic carbocycles. The Morgan fingerprint density at radius 3 is 2.29 bits per heavy atom. The SMILES string of the molecule is O=COc1ccnc(-c2cccc(-c3cc(C(=O)O)ccn3)n2)c1. The third-order valence-electron chi connectivity index (χ3n) is 3.20. The predicted molar refractivity (Wildman–Crippen MR) is 84.4 cm³/mol. The van der Waals surface area contributed by atoms with E-state index in [1.54, 1.807) is 30.3 Å². The number of pyridine rings is 3. The van der Waals surface area contributed by atoms with Crippen molar-refractivity contribution >= 4 is 12.4 Å². The van der Waals surface area contributed by atoms with Crippen LogP contribution in [0, 0.1) is 0 Å². The van der Waals surface area contributed by atoms with Gasteiger partial charge in [-0.3, -0.25) is 14.8 Å². The van der Waals surface area contributed by atoms with Crippen LogP contribution in [-0.2, 0) is 4.79 Å². The van der Waals surface area contributed by atoms with Gasteiger partial charge in [-0.05, 0) is 30.3 Å². The Bertz CT molecular complexity index is 912. The van der Waals surface area contributed by atoms with E-state index in [4.69, 9.17) is 9.84 Å². The quantitative estimate of drug-likeness (QED) is 0.720. The van der Waals surface area contributed by atoms with Crippen molar-refractivity contribution in [3.63, 3.8) is 0 Å². The molecule has 0 spiro atoms. The molecule has 7 heteroatoms. The van der Waals surface area contributed by atoms with Gasteiger partial charge in [0.05, 0.1) is 28.3 Å². The van der Waals surface area contributed by atoms with Crippen molar-refractivity contribution in [1.29, 1.82) is 0 Å². The zero-order valence-electron chi connectivity index (χ0n) is 12.3. The number of ether oxygens (including phenoxy) is 1. The maximum absolute atomic E-state index is 11.1. The van der Waals surface area contributed by atoms with Crippen LogP contribution in [0.2, 0.25) is 0 Å². The van der Waals surface area contributed by atoms with Gasteiger partial charge in [0.15, 0.2) is 0 Å². The normalized spacial score (nSPS) is 10.2. The molecule has 24 heavy (non-hydrogen) atoms. The van der Waals surface area contributed by atoms with Gasteiger partial charge in [0, 0.05) is 18.5 Å². The minimum atomic E-state index is -1.03. The second-order valence-corrected chi connectivity index (χ2v) is 4.73. The molecule has 0 bridgehead atoms. The highest BCUT2D eigenvalue weighted by Crippen LogP contribution is 2.23. The van der Waals surface area contributed by atoms with Crippen LogP contribution in [0.15, 0.2) is 54.9 Å². The number of carbonyl (C=O) groups is 2. The average Bonchev–Trinajstić information content (AvgIpc) is 2.62. The summed E-state index contributed by atoms with van der Waals surface area (Å²) < 4.78 is 4.80. The molecule has 3 rings (SSSR count). The van der Waals surface area contributed by atoms with Gasteiger partial charge in [0.1, 0.15) is 5.75 Å². The number of rotatable bonds is 5. The molecule has 0 amide bonds. The Kier molecular flexibility index (Phi) is 4.24. The standard InChI is InChI=1S/C17H11N3O4/c21-10-24-12-5-7-19-16(9-12)14-3-1-2-13(20-14)15-8-11(17(22)23)4-6-18-15/h1-10H,(H,22,23). The summed E-state index contributed by atoms with van der Waals surface area (Å²) in [6, 6.07) is 11.2. The maximum Gasteiger partial charge on any atom is 0.335 e. The minimum Gasteiger partial charge on any atom is -0.478 e. The molecule has 0 aromatic carbocycles. The second-order valence-electron chi connectivity index (χ2n) is 4.73. The van der Waals surface area contributed by atoms with E-state index in [-0.39, 0.29) is 5.56 Å². The van der Waals surface area contributed by atoms with Crippen molar-refractivity contribution < 1.29 is 19.4 Å². The van der Waals surface area contributed by atoms with Crippen molar-refractivity contribution in [3.8, 4) is 28.5 Å². The third-order valence-corrected chi connectivity index (χ3v) is 3.20. The molecule has 0 aliphatic heterocycles. The highest BCUT2D eigenvalue weighted by atomic mass is 16.5. The van der Waals surface area contributed by atoms with E-state index < -0.39 is 5.97 Å². The van der Waals surface area contributed by atoms with Crippen LogP contribution >= 0.6 is 0 Å².